The van der Waals surface area contributed by atoms with Crippen molar-refractivity contribution in [2.45, 2.75) is 44.6 Å². The van der Waals surface area contributed by atoms with Gasteiger partial charge in [-0.25, -0.2) is 0 Å². The van der Waals surface area contributed by atoms with Crippen molar-refractivity contribution in [1.29, 1.82) is 0 Å². The second kappa shape index (κ2) is 12.0. The number of rotatable bonds is 9. The van der Waals surface area contributed by atoms with Crippen LogP contribution in [0.2, 0.25) is 10.0 Å². The van der Waals surface area contributed by atoms with Crippen molar-refractivity contribution in [2.24, 2.45) is 5.92 Å². The summed E-state index contributed by atoms with van der Waals surface area (Å²) >= 11 is 12.3. The van der Waals surface area contributed by atoms with Gasteiger partial charge in [0.25, 0.3) is 0 Å². The number of amides is 2. The van der Waals surface area contributed by atoms with Crippen molar-refractivity contribution in [3.8, 4) is 11.5 Å². The van der Waals surface area contributed by atoms with Crippen molar-refractivity contribution in [1.82, 2.24) is 10.2 Å². The van der Waals surface area contributed by atoms with E-state index < -0.39 is 36.0 Å². The maximum absolute atomic E-state index is 13.5. The lowest BCUT2D eigenvalue weighted by atomic mass is 9.77. The maximum Gasteiger partial charge on any atom is 0.247 e. The molecule has 2 amide bonds. The van der Waals surface area contributed by atoms with Gasteiger partial charge < -0.3 is 29.9 Å². The second-order valence-electron chi connectivity index (χ2n) is 9.77. The van der Waals surface area contributed by atoms with Gasteiger partial charge in [0.2, 0.25) is 11.8 Å². The number of halogens is 2. The average molecular weight is 577 g/mol. The molecule has 1 aliphatic heterocycles. The van der Waals surface area contributed by atoms with E-state index in [2.05, 4.69) is 5.32 Å². The molecule has 0 saturated carbocycles. The smallest absolute Gasteiger partial charge is 0.247 e. The Morgan fingerprint density at radius 3 is 2.56 bits per heavy atom. The van der Waals surface area contributed by atoms with Crippen LogP contribution < -0.4 is 14.8 Å². The van der Waals surface area contributed by atoms with Gasteiger partial charge in [-0.05, 0) is 35.9 Å². The minimum atomic E-state index is -1.24. The zero-order chi connectivity index (χ0) is 28.4. The Morgan fingerprint density at radius 1 is 1.21 bits per heavy atom. The van der Waals surface area contributed by atoms with Crippen LogP contribution in [0.15, 0.2) is 42.0 Å². The van der Waals surface area contributed by atoms with E-state index in [-0.39, 0.29) is 36.9 Å². The molecule has 0 saturated heterocycles. The van der Waals surface area contributed by atoms with Crippen LogP contribution in [0.1, 0.15) is 41.3 Å². The van der Waals surface area contributed by atoms with Gasteiger partial charge in [-0.1, -0.05) is 43.1 Å². The maximum atomic E-state index is 13.5. The van der Waals surface area contributed by atoms with Crippen LogP contribution in [0, 0.1) is 5.92 Å². The summed E-state index contributed by atoms with van der Waals surface area (Å²) in [6, 6.07) is 7.18. The number of nitrogens with one attached hydrogen (secondary N) is 1. The number of benzene rings is 2. The predicted octanol–water partition coefficient (Wildman–Crippen LogP) is 3.12. The second-order valence-corrected chi connectivity index (χ2v) is 10.6. The van der Waals surface area contributed by atoms with Gasteiger partial charge in [0, 0.05) is 35.7 Å². The molecule has 0 spiro atoms. The van der Waals surface area contributed by atoms with Gasteiger partial charge in [0.1, 0.15) is 18.5 Å². The SMILES string of the molecule is COc1cc(C=O)cc2c1O[C@@H]1[C@@H](O)[C@H](N(Cc3ccc(Cl)c(Cl)c3)C(=O)C(C)C)C=C(C(=O)NCCO)[C@H]21. The van der Waals surface area contributed by atoms with E-state index in [4.69, 9.17) is 32.7 Å². The first-order valence-electron chi connectivity index (χ1n) is 12.5. The van der Waals surface area contributed by atoms with Crippen molar-refractivity contribution in [3.63, 3.8) is 0 Å². The highest BCUT2D eigenvalue weighted by Gasteiger charge is 2.51. The highest BCUT2D eigenvalue weighted by atomic mass is 35.5. The van der Waals surface area contributed by atoms with Crippen molar-refractivity contribution in [3.05, 3.63) is 68.7 Å². The number of aliphatic hydroxyl groups excluding tert-OH is 2. The summed E-state index contributed by atoms with van der Waals surface area (Å²) in [4.78, 5) is 40.0. The first-order valence-corrected chi connectivity index (χ1v) is 13.2. The lowest BCUT2D eigenvalue weighted by Crippen LogP contribution is -2.56. The fraction of sp³-hybridized carbons (Fsp3) is 0.393. The quantitative estimate of drug-likeness (QED) is 0.391. The fourth-order valence-electron chi connectivity index (χ4n) is 5.06. The monoisotopic (exact) mass is 576 g/mol. The lowest BCUT2D eigenvalue weighted by molar-refractivity contribution is -0.141. The van der Waals surface area contributed by atoms with E-state index in [0.29, 0.717) is 38.8 Å². The van der Waals surface area contributed by atoms with Gasteiger partial charge in [0.15, 0.2) is 11.5 Å². The predicted molar refractivity (Wildman–Crippen MR) is 145 cm³/mol. The van der Waals surface area contributed by atoms with Gasteiger partial charge in [0.05, 0.1) is 35.7 Å². The topological polar surface area (TPSA) is 125 Å². The van der Waals surface area contributed by atoms with E-state index in [0.717, 1.165) is 0 Å². The van der Waals surface area contributed by atoms with Gasteiger partial charge in [-0.15, -0.1) is 0 Å². The van der Waals surface area contributed by atoms with E-state index in [9.17, 15) is 24.6 Å². The Hall–Kier alpha value is -3.11. The van der Waals surface area contributed by atoms with E-state index in [1.807, 2.05) is 0 Å². The Balaban J connectivity index is 1.83. The molecule has 4 rings (SSSR count). The van der Waals surface area contributed by atoms with Crippen LogP contribution in [0.4, 0.5) is 0 Å². The number of hydrogen-bond donors (Lipinski definition) is 3. The van der Waals surface area contributed by atoms with Crippen LogP contribution in [0.3, 0.4) is 0 Å². The van der Waals surface area contributed by atoms with Crippen LogP contribution >= 0.6 is 23.2 Å². The molecule has 2 aromatic rings. The molecule has 2 aromatic carbocycles. The first kappa shape index (κ1) is 28.9. The summed E-state index contributed by atoms with van der Waals surface area (Å²) in [6.45, 7) is 3.30. The third kappa shape index (κ3) is 5.63. The van der Waals surface area contributed by atoms with E-state index >= 15 is 0 Å². The van der Waals surface area contributed by atoms with Crippen LogP contribution in [0.5, 0.6) is 11.5 Å². The molecule has 1 heterocycles. The molecule has 0 unspecified atom stereocenters. The van der Waals surface area contributed by atoms with Crippen LogP contribution in [-0.4, -0.2) is 71.7 Å². The molecule has 0 bridgehead atoms. The Labute approximate surface area is 236 Å². The Kier molecular flexibility index (Phi) is 8.86. The molecule has 4 atom stereocenters. The van der Waals surface area contributed by atoms with Gasteiger partial charge >= 0.3 is 0 Å². The van der Waals surface area contributed by atoms with Gasteiger partial charge in [-0.3, -0.25) is 14.4 Å². The summed E-state index contributed by atoms with van der Waals surface area (Å²) in [7, 11) is 1.43. The summed E-state index contributed by atoms with van der Waals surface area (Å²) in [5.74, 6) is -1.33. The minimum absolute atomic E-state index is 0.00407. The summed E-state index contributed by atoms with van der Waals surface area (Å²) in [5, 5.41) is 24.3. The number of aldehydes is 1. The Morgan fingerprint density at radius 2 is 1.95 bits per heavy atom. The molecule has 1 aliphatic carbocycles. The zero-order valence-corrected chi connectivity index (χ0v) is 23.2. The number of ether oxygens (including phenoxy) is 2. The highest BCUT2D eigenvalue weighted by Crippen LogP contribution is 2.51. The normalized spacial score (nSPS) is 21.4. The summed E-state index contributed by atoms with van der Waals surface area (Å²) < 4.78 is 11.6. The van der Waals surface area contributed by atoms with E-state index in [1.54, 1.807) is 44.2 Å². The fourth-order valence-corrected chi connectivity index (χ4v) is 5.38. The molecule has 208 valence electrons. The molecule has 11 heteroatoms. The summed E-state index contributed by atoms with van der Waals surface area (Å²) in [5.41, 5.74) is 1.75. The van der Waals surface area contributed by atoms with Crippen molar-refractivity contribution < 1.29 is 34.1 Å². The molecule has 0 aromatic heterocycles. The first-order chi connectivity index (χ1) is 18.6. The van der Waals surface area contributed by atoms with Crippen molar-refractivity contribution >= 4 is 41.3 Å². The third-order valence-corrected chi connectivity index (χ3v) is 7.62. The number of fused-ring (bicyclic) bond motifs is 3. The number of nitrogens with zero attached hydrogens (tertiary/aromatic N) is 1. The van der Waals surface area contributed by atoms with Crippen LogP contribution in [-0.2, 0) is 16.1 Å². The average Bonchev–Trinajstić information content (AvgIpc) is 3.31. The summed E-state index contributed by atoms with van der Waals surface area (Å²) in [6.07, 6.45) is 0.0198. The van der Waals surface area contributed by atoms with E-state index in [1.165, 1.54) is 18.1 Å². The number of aliphatic hydroxyl groups is 2. The number of hydrogen-bond acceptors (Lipinski definition) is 7. The number of carbonyl (C=O) groups excluding carboxylic acids is 3. The third-order valence-electron chi connectivity index (χ3n) is 6.88. The molecule has 2 aliphatic rings. The molecular formula is C28H30Cl2N2O7. The molecule has 9 nitrogen and oxygen atoms in total. The standard InChI is InChI=1S/C28H30Cl2N2O7/c1-14(2)28(37)32(12-15-4-5-19(29)20(30)9-15)21-11-18(27(36)31-6-7-33)23-17-8-16(13-34)10-22(38-3)25(17)39-26(23)24(21)35/h4-5,8-11,13-14,21,23-24,26,33,35H,6-7,12H2,1-3H3,(H,31,36)/t21-,23+,24+,26+/m1/s1. The largest absolute Gasteiger partial charge is 0.493 e. The highest BCUT2D eigenvalue weighted by molar-refractivity contribution is 6.42. The number of carbonyl (C=O) groups is 3. The van der Waals surface area contributed by atoms with Gasteiger partial charge in [-0.2, -0.15) is 0 Å². The van der Waals surface area contributed by atoms with Crippen LogP contribution in [0.25, 0.3) is 0 Å². The number of methoxy groups -OCH3 is 1. The molecular weight excluding hydrogens is 547 g/mol. The van der Waals surface area contributed by atoms with Crippen molar-refractivity contribution in [2.75, 3.05) is 20.3 Å². The molecule has 39 heavy (non-hydrogen) atoms. The minimum Gasteiger partial charge on any atom is -0.493 e. The zero-order valence-electron chi connectivity index (χ0n) is 21.7. The molecule has 0 fully saturated rings. The molecule has 3 N–H and O–H groups in total. The molecule has 0 radical (unpaired) electrons. The Bertz CT molecular complexity index is 1310. The lowest BCUT2D eigenvalue weighted by Gasteiger charge is -2.41.